The predicted octanol–water partition coefficient (Wildman–Crippen LogP) is 19.5. The van der Waals surface area contributed by atoms with E-state index >= 15 is 0 Å². The van der Waals surface area contributed by atoms with Gasteiger partial charge >= 0.3 is 0 Å². The van der Waals surface area contributed by atoms with Gasteiger partial charge in [-0.25, -0.2) is 0 Å². The highest BCUT2D eigenvalue weighted by Crippen LogP contribution is 2.43. The fraction of sp³-hybridized carbons (Fsp3) is 0.330. The highest BCUT2D eigenvalue weighted by Gasteiger charge is 2.26. The number of benzene rings is 9. The summed E-state index contributed by atoms with van der Waals surface area (Å²) in [4.78, 5) is 21.9. The molecule has 9 aromatic rings. The normalized spacial score (nSPS) is 14.7. The number of hydrogen-bond acceptors (Lipinski definition) is 10. The molecule has 13 rings (SSSR count). The van der Waals surface area contributed by atoms with E-state index < -0.39 is 0 Å². The summed E-state index contributed by atoms with van der Waals surface area (Å²) in [7, 11) is 13.1. The molecule has 105 heavy (non-hydrogen) atoms. The molecule has 4 heterocycles. The SMILES string of the molecule is CCN(CC)C(=O)c1ccc(C(=C2CCNCC2)c2ccccc2OC)cc1.COc1ccccc1C(=C1CCN(C)CC1)c1ccccc1.COc1ccccc1C(=C1CCN(C)CC1)c1ccccc1OC.COc1ccccc1C(=C1CCN(Cc2ccc(C)c(C)c2C)CC1)c1ccccc1. The molecule has 0 atom stereocenters. The van der Waals surface area contributed by atoms with Crippen LogP contribution in [0.15, 0.2) is 241 Å². The van der Waals surface area contributed by atoms with Crippen LogP contribution in [0.5, 0.6) is 28.7 Å². The van der Waals surface area contributed by atoms with Gasteiger partial charge in [-0.05, 0) is 217 Å². The lowest BCUT2D eigenvalue weighted by molar-refractivity contribution is 0.0773. The van der Waals surface area contributed by atoms with Crippen molar-refractivity contribution in [2.75, 3.05) is 115 Å². The fourth-order valence-electron chi connectivity index (χ4n) is 15.0. The molecule has 11 heteroatoms. The molecular formula is C94H111N5O6. The number of carbonyl (C=O) groups excluding carboxylic acids is 1. The number of nitrogens with one attached hydrogen (secondary N) is 1. The number of ether oxygens (including phenoxy) is 5. The van der Waals surface area contributed by atoms with Crippen molar-refractivity contribution in [3.8, 4) is 28.7 Å². The van der Waals surface area contributed by atoms with Crippen molar-refractivity contribution in [2.24, 2.45) is 0 Å². The quantitative estimate of drug-likeness (QED) is 0.0896. The molecule has 4 aliphatic rings. The fourth-order valence-corrected chi connectivity index (χ4v) is 15.0. The third-order valence-corrected chi connectivity index (χ3v) is 21.3. The zero-order valence-electron chi connectivity index (χ0n) is 64.5. The Bertz CT molecular complexity index is 4350. The average molecular weight is 1410 g/mol. The predicted molar refractivity (Wildman–Crippen MR) is 436 cm³/mol. The Kier molecular flexibility index (Phi) is 29.2. The van der Waals surface area contributed by atoms with Gasteiger partial charge in [0.15, 0.2) is 0 Å². The van der Waals surface area contributed by atoms with E-state index in [-0.39, 0.29) is 5.91 Å². The molecule has 4 saturated heterocycles. The van der Waals surface area contributed by atoms with Crippen LogP contribution in [0.4, 0.5) is 0 Å². The van der Waals surface area contributed by atoms with Crippen LogP contribution in [-0.4, -0.2) is 141 Å². The van der Waals surface area contributed by atoms with E-state index in [9.17, 15) is 4.79 Å². The minimum absolute atomic E-state index is 0.0879. The first-order valence-electron chi connectivity index (χ1n) is 37.7. The maximum Gasteiger partial charge on any atom is 0.253 e. The second kappa shape index (κ2) is 39.4. The van der Waals surface area contributed by atoms with Crippen molar-refractivity contribution in [3.63, 3.8) is 0 Å². The molecule has 4 fully saturated rings. The molecule has 9 aromatic carbocycles. The molecule has 0 unspecified atom stereocenters. The molecule has 0 aromatic heterocycles. The number of aryl methyl sites for hydroxylation is 1. The first-order chi connectivity index (χ1) is 51.3. The van der Waals surface area contributed by atoms with E-state index in [1.165, 1.54) is 89.1 Å². The van der Waals surface area contributed by atoms with Gasteiger partial charge < -0.3 is 43.7 Å². The Labute approximate surface area is 627 Å². The Morgan fingerprint density at radius 1 is 0.352 bits per heavy atom. The number of methoxy groups -OCH3 is 5. The lowest BCUT2D eigenvalue weighted by Gasteiger charge is -2.31. The topological polar surface area (TPSA) is 88.2 Å². The number of amides is 1. The van der Waals surface area contributed by atoms with Crippen molar-refractivity contribution in [2.45, 2.75) is 92.5 Å². The van der Waals surface area contributed by atoms with Gasteiger partial charge in [-0.1, -0.05) is 198 Å². The lowest BCUT2D eigenvalue weighted by atomic mass is 9.87. The lowest BCUT2D eigenvalue weighted by Crippen LogP contribution is -2.31. The van der Waals surface area contributed by atoms with E-state index in [0.717, 1.165) is 180 Å². The summed E-state index contributed by atoms with van der Waals surface area (Å²) < 4.78 is 28.3. The van der Waals surface area contributed by atoms with Crippen LogP contribution >= 0.6 is 0 Å². The summed E-state index contributed by atoms with van der Waals surface area (Å²) in [5.41, 5.74) is 27.1. The van der Waals surface area contributed by atoms with Crippen LogP contribution in [-0.2, 0) is 6.54 Å². The average Bonchev–Trinajstić information content (AvgIpc) is 0.814. The van der Waals surface area contributed by atoms with Gasteiger partial charge in [0.1, 0.15) is 28.7 Å². The Balaban J connectivity index is 0.000000151. The maximum atomic E-state index is 12.6. The molecule has 1 amide bonds. The summed E-state index contributed by atoms with van der Waals surface area (Å²) in [6.45, 7) is 21.8. The third-order valence-electron chi connectivity index (χ3n) is 21.3. The minimum atomic E-state index is 0.0879. The number of hydrogen-bond donors (Lipinski definition) is 1. The molecule has 0 radical (unpaired) electrons. The van der Waals surface area contributed by atoms with Crippen LogP contribution in [0, 0.1) is 20.8 Å². The number of nitrogens with zero attached hydrogens (tertiary/aromatic N) is 4. The highest BCUT2D eigenvalue weighted by molar-refractivity contribution is 5.95. The Morgan fingerprint density at radius 2 is 0.657 bits per heavy atom. The van der Waals surface area contributed by atoms with Gasteiger partial charge in [0.25, 0.3) is 5.91 Å². The number of piperidine rings is 4. The van der Waals surface area contributed by atoms with Crippen LogP contribution in [0.2, 0.25) is 0 Å². The summed E-state index contributed by atoms with van der Waals surface area (Å²) >= 11 is 0. The summed E-state index contributed by atoms with van der Waals surface area (Å²) in [6, 6.07) is 75.6. The first-order valence-corrected chi connectivity index (χ1v) is 37.7. The molecule has 11 nitrogen and oxygen atoms in total. The van der Waals surface area contributed by atoms with E-state index in [4.69, 9.17) is 23.7 Å². The monoisotopic (exact) mass is 1410 g/mol. The number of rotatable bonds is 18. The molecule has 0 aliphatic carbocycles. The molecule has 0 spiro atoms. The van der Waals surface area contributed by atoms with E-state index in [0.29, 0.717) is 0 Å². The standard InChI is InChI=1S/C29H33NO.C24H30N2O2.C21H25NO2.C20H23NO/c1-21-14-15-26(23(3)22(21)2)20-30-18-16-25(17-19-30)29(24-10-6-5-7-11-24)27-12-8-9-13-28(27)31-4;1-4-26(5-2)24(27)20-12-10-18(11-13-20)23(19-14-16-25-17-15-19)21-8-6-7-9-22(21)28-3;1-22-14-12-16(13-15-22)21(17-8-4-6-10-19(17)23-2)18-9-5-7-11-20(18)24-3;1-21-14-12-17(13-15-21)20(16-8-4-3-5-9-16)18-10-6-7-11-19(18)22-2/h5-15H,16-20H2,1-4H3;6-13,25H,4-5,14-17H2,1-3H3;4-11H,12-15H2,1-3H3;3-11H,12-15H2,1-2H3. The van der Waals surface area contributed by atoms with E-state index in [2.05, 4.69) is 207 Å². The second-order valence-electron chi connectivity index (χ2n) is 27.6. The summed E-state index contributed by atoms with van der Waals surface area (Å²) in [5, 5.41) is 3.43. The van der Waals surface area contributed by atoms with Crippen molar-refractivity contribution >= 4 is 28.2 Å². The number of likely N-dealkylation sites (tertiary alicyclic amines) is 3. The van der Waals surface area contributed by atoms with Gasteiger partial charge in [0, 0.05) is 92.3 Å². The molecule has 0 bridgehead atoms. The summed E-state index contributed by atoms with van der Waals surface area (Å²) in [5.74, 6) is 4.68. The maximum absolute atomic E-state index is 12.6. The van der Waals surface area contributed by atoms with Crippen molar-refractivity contribution in [1.29, 1.82) is 0 Å². The molecule has 4 aliphatic heterocycles. The largest absolute Gasteiger partial charge is 0.496 e. The zero-order chi connectivity index (χ0) is 74.0. The Morgan fingerprint density at radius 3 is 1.02 bits per heavy atom. The third kappa shape index (κ3) is 20.0. The second-order valence-corrected chi connectivity index (χ2v) is 27.6. The Hall–Kier alpha value is -9.75. The zero-order valence-corrected chi connectivity index (χ0v) is 64.5. The van der Waals surface area contributed by atoms with Crippen LogP contribution in [0.25, 0.3) is 22.3 Å². The van der Waals surface area contributed by atoms with Gasteiger partial charge in [-0.3, -0.25) is 9.69 Å². The van der Waals surface area contributed by atoms with Crippen LogP contribution in [0.3, 0.4) is 0 Å². The van der Waals surface area contributed by atoms with Crippen LogP contribution in [0.1, 0.15) is 142 Å². The van der Waals surface area contributed by atoms with Gasteiger partial charge in [0.05, 0.1) is 35.5 Å². The highest BCUT2D eigenvalue weighted by atomic mass is 16.5. The molecule has 1 N–H and O–H groups in total. The first kappa shape index (κ1) is 77.9. The van der Waals surface area contributed by atoms with Gasteiger partial charge in [0.2, 0.25) is 0 Å². The van der Waals surface area contributed by atoms with E-state index in [1.54, 1.807) is 35.5 Å². The number of carbonyl (C=O) groups is 1. The van der Waals surface area contributed by atoms with Crippen molar-refractivity contribution in [1.82, 2.24) is 24.9 Å². The van der Waals surface area contributed by atoms with Crippen LogP contribution < -0.4 is 29.0 Å². The molecule has 0 saturated carbocycles. The van der Waals surface area contributed by atoms with Crippen molar-refractivity contribution in [3.05, 3.63) is 313 Å². The van der Waals surface area contributed by atoms with E-state index in [1.807, 2.05) is 85.5 Å². The van der Waals surface area contributed by atoms with Crippen molar-refractivity contribution < 1.29 is 28.5 Å². The summed E-state index contributed by atoms with van der Waals surface area (Å²) in [6.07, 6.45) is 8.61. The minimum Gasteiger partial charge on any atom is -0.496 e. The molecular weight excluding hydrogens is 1300 g/mol. The van der Waals surface area contributed by atoms with Gasteiger partial charge in [-0.15, -0.1) is 0 Å². The molecule has 548 valence electrons. The smallest absolute Gasteiger partial charge is 0.253 e. The van der Waals surface area contributed by atoms with Gasteiger partial charge in [-0.2, -0.15) is 0 Å². The number of para-hydroxylation sites is 5.